The van der Waals surface area contributed by atoms with Gasteiger partial charge in [-0.15, -0.1) is 0 Å². The summed E-state index contributed by atoms with van der Waals surface area (Å²) >= 11 is 0. The van der Waals surface area contributed by atoms with Gasteiger partial charge in [-0.25, -0.2) is 4.79 Å². The van der Waals surface area contributed by atoms with Gasteiger partial charge < -0.3 is 20.6 Å². The van der Waals surface area contributed by atoms with Crippen LogP contribution in [-0.4, -0.2) is 53.0 Å². The van der Waals surface area contributed by atoms with E-state index in [1.807, 2.05) is 31.2 Å². The van der Waals surface area contributed by atoms with Crippen molar-refractivity contribution >= 4 is 17.9 Å². The first-order valence-corrected chi connectivity index (χ1v) is 6.36. The Labute approximate surface area is 122 Å². The second-order valence-corrected chi connectivity index (χ2v) is 4.78. The molecule has 0 aliphatic rings. The van der Waals surface area contributed by atoms with Crippen molar-refractivity contribution in [2.24, 2.45) is 5.73 Å². The number of aliphatic carboxylic acids is 1. The Morgan fingerprint density at radius 1 is 1.19 bits per heavy atom. The monoisotopic (exact) mass is 293 g/mol. The van der Waals surface area contributed by atoms with Crippen molar-refractivity contribution in [3.05, 3.63) is 35.4 Å². The predicted octanol–water partition coefficient (Wildman–Crippen LogP) is 0.419. The summed E-state index contributed by atoms with van der Waals surface area (Å²) in [5.41, 5.74) is 7.01. The van der Waals surface area contributed by atoms with Crippen LogP contribution in [0.3, 0.4) is 0 Å². The normalized spacial score (nSPS) is 10.0. The highest BCUT2D eigenvalue weighted by Crippen LogP contribution is 2.10. The lowest BCUT2D eigenvalue weighted by molar-refractivity contribution is -0.138. The first-order valence-electron chi connectivity index (χ1n) is 6.36. The number of benzene rings is 1. The van der Waals surface area contributed by atoms with Gasteiger partial charge in [0, 0.05) is 13.6 Å². The summed E-state index contributed by atoms with van der Waals surface area (Å²) in [5.74, 6) is -1.96. The molecule has 114 valence electrons. The van der Waals surface area contributed by atoms with Gasteiger partial charge in [-0.1, -0.05) is 24.3 Å². The van der Waals surface area contributed by atoms with Gasteiger partial charge in [-0.05, 0) is 18.1 Å². The molecule has 0 aliphatic heterocycles. The molecule has 0 bridgehead atoms. The maximum Gasteiger partial charge on any atom is 0.323 e. The summed E-state index contributed by atoms with van der Waals surface area (Å²) in [5, 5.41) is 8.80. The lowest BCUT2D eigenvalue weighted by Gasteiger charge is -2.26. The second kappa shape index (κ2) is 7.28. The fraction of sp³-hybridized carbons (Fsp3) is 0.357. The number of urea groups is 1. The zero-order valence-electron chi connectivity index (χ0n) is 12.1. The molecule has 0 aliphatic carbocycles. The second-order valence-electron chi connectivity index (χ2n) is 4.78. The number of primary amides is 1. The molecule has 3 amide bonds. The number of aryl methyl sites for hydroxylation is 1. The summed E-state index contributed by atoms with van der Waals surface area (Å²) < 4.78 is 0. The fourth-order valence-electron chi connectivity index (χ4n) is 1.89. The molecule has 7 nitrogen and oxygen atoms in total. The number of nitrogens with zero attached hydrogens (tertiary/aromatic N) is 2. The molecule has 0 unspecified atom stereocenters. The Morgan fingerprint density at radius 3 is 2.33 bits per heavy atom. The van der Waals surface area contributed by atoms with E-state index in [4.69, 9.17) is 10.8 Å². The van der Waals surface area contributed by atoms with Crippen LogP contribution in [0.1, 0.15) is 11.1 Å². The Kier molecular flexibility index (Phi) is 5.71. The number of carbonyl (C=O) groups excluding carboxylic acids is 2. The van der Waals surface area contributed by atoms with E-state index in [1.54, 1.807) is 7.05 Å². The third kappa shape index (κ3) is 5.13. The molecular formula is C14H19N3O4. The molecule has 1 rings (SSSR count). The summed E-state index contributed by atoms with van der Waals surface area (Å²) in [6.07, 6.45) is 0. The van der Waals surface area contributed by atoms with Crippen molar-refractivity contribution in [1.29, 1.82) is 0 Å². The lowest BCUT2D eigenvalue weighted by atomic mass is 10.1. The van der Waals surface area contributed by atoms with Crippen molar-refractivity contribution in [3.8, 4) is 0 Å². The average molecular weight is 293 g/mol. The van der Waals surface area contributed by atoms with Gasteiger partial charge in [0.2, 0.25) is 5.91 Å². The number of carbonyl (C=O) groups is 3. The first kappa shape index (κ1) is 16.5. The minimum absolute atomic E-state index is 0.320. The SMILES string of the molecule is Cc1ccccc1CN(C)C(=O)N(CC(N)=O)CC(=O)O. The number of nitrogens with two attached hydrogens (primary N) is 1. The van der Waals surface area contributed by atoms with Crippen LogP contribution in [-0.2, 0) is 16.1 Å². The number of carboxylic acid groups (broad SMARTS) is 1. The van der Waals surface area contributed by atoms with E-state index >= 15 is 0 Å². The number of hydrogen-bond acceptors (Lipinski definition) is 3. The Bertz CT molecular complexity index is 529. The van der Waals surface area contributed by atoms with Crippen LogP contribution in [0.4, 0.5) is 4.79 Å². The highest BCUT2D eigenvalue weighted by molar-refractivity contribution is 5.85. The molecule has 0 heterocycles. The molecule has 0 fully saturated rings. The zero-order valence-corrected chi connectivity index (χ0v) is 12.1. The highest BCUT2D eigenvalue weighted by Gasteiger charge is 2.22. The average Bonchev–Trinajstić information content (AvgIpc) is 2.38. The Morgan fingerprint density at radius 2 is 1.81 bits per heavy atom. The van der Waals surface area contributed by atoms with Crippen molar-refractivity contribution in [1.82, 2.24) is 9.80 Å². The van der Waals surface area contributed by atoms with E-state index in [9.17, 15) is 14.4 Å². The maximum absolute atomic E-state index is 12.2. The van der Waals surface area contributed by atoms with E-state index in [0.29, 0.717) is 6.54 Å². The van der Waals surface area contributed by atoms with E-state index in [-0.39, 0.29) is 0 Å². The molecule has 0 aromatic heterocycles. The lowest BCUT2D eigenvalue weighted by Crippen LogP contribution is -2.47. The van der Waals surface area contributed by atoms with Gasteiger partial charge in [0.1, 0.15) is 13.1 Å². The third-order valence-corrected chi connectivity index (χ3v) is 2.94. The van der Waals surface area contributed by atoms with Crippen molar-refractivity contribution < 1.29 is 19.5 Å². The van der Waals surface area contributed by atoms with E-state index in [0.717, 1.165) is 16.0 Å². The van der Waals surface area contributed by atoms with Gasteiger partial charge in [-0.2, -0.15) is 0 Å². The van der Waals surface area contributed by atoms with Crippen molar-refractivity contribution in [2.75, 3.05) is 20.1 Å². The number of hydrogen-bond donors (Lipinski definition) is 2. The Hall–Kier alpha value is -2.57. The Balaban J connectivity index is 2.80. The van der Waals surface area contributed by atoms with E-state index in [2.05, 4.69) is 0 Å². The van der Waals surface area contributed by atoms with Gasteiger partial charge >= 0.3 is 12.0 Å². The topological polar surface area (TPSA) is 104 Å². The first-order chi connectivity index (χ1) is 9.81. The quantitative estimate of drug-likeness (QED) is 0.793. The summed E-state index contributed by atoms with van der Waals surface area (Å²) in [6.45, 7) is 1.25. The maximum atomic E-state index is 12.2. The molecule has 0 saturated heterocycles. The van der Waals surface area contributed by atoms with Crippen LogP contribution in [0.5, 0.6) is 0 Å². The summed E-state index contributed by atoms with van der Waals surface area (Å²) in [6, 6.07) is 7.00. The molecular weight excluding hydrogens is 274 g/mol. The number of rotatable bonds is 6. The number of carboxylic acids is 1. The van der Waals surface area contributed by atoms with Crippen LogP contribution < -0.4 is 5.73 Å². The largest absolute Gasteiger partial charge is 0.480 e. The number of amides is 3. The molecule has 21 heavy (non-hydrogen) atoms. The molecule has 7 heteroatoms. The van der Waals surface area contributed by atoms with Crippen molar-refractivity contribution in [3.63, 3.8) is 0 Å². The molecule has 1 aromatic carbocycles. The summed E-state index contributed by atoms with van der Waals surface area (Å²) in [7, 11) is 1.55. The standard InChI is InChI=1S/C14H19N3O4/c1-10-5-3-4-6-11(10)7-16(2)14(21)17(8-12(15)18)9-13(19)20/h3-6H,7-9H2,1-2H3,(H2,15,18)(H,19,20). The van der Waals surface area contributed by atoms with Gasteiger partial charge in [0.05, 0.1) is 0 Å². The smallest absolute Gasteiger partial charge is 0.323 e. The van der Waals surface area contributed by atoms with Crippen LogP contribution in [0.15, 0.2) is 24.3 Å². The van der Waals surface area contributed by atoms with Gasteiger partial charge in [0.15, 0.2) is 0 Å². The molecule has 0 spiro atoms. The molecule has 1 aromatic rings. The molecule has 0 saturated carbocycles. The van der Waals surface area contributed by atoms with Crippen LogP contribution >= 0.6 is 0 Å². The van der Waals surface area contributed by atoms with Gasteiger partial charge in [-0.3, -0.25) is 9.59 Å². The van der Waals surface area contributed by atoms with E-state index < -0.39 is 31.0 Å². The molecule has 0 atom stereocenters. The fourth-order valence-corrected chi connectivity index (χ4v) is 1.89. The third-order valence-electron chi connectivity index (χ3n) is 2.94. The minimum Gasteiger partial charge on any atom is -0.480 e. The highest BCUT2D eigenvalue weighted by atomic mass is 16.4. The zero-order chi connectivity index (χ0) is 16.0. The summed E-state index contributed by atoms with van der Waals surface area (Å²) in [4.78, 5) is 36.2. The minimum atomic E-state index is -1.20. The molecule has 0 radical (unpaired) electrons. The van der Waals surface area contributed by atoms with Gasteiger partial charge in [0.25, 0.3) is 0 Å². The molecule has 3 N–H and O–H groups in total. The van der Waals surface area contributed by atoms with E-state index in [1.165, 1.54) is 4.90 Å². The van der Waals surface area contributed by atoms with Crippen LogP contribution in [0.25, 0.3) is 0 Å². The van der Waals surface area contributed by atoms with Crippen molar-refractivity contribution in [2.45, 2.75) is 13.5 Å². The van der Waals surface area contributed by atoms with Crippen LogP contribution in [0.2, 0.25) is 0 Å². The predicted molar refractivity (Wildman–Crippen MR) is 76.4 cm³/mol. The van der Waals surface area contributed by atoms with Crippen LogP contribution in [0, 0.1) is 6.92 Å².